The smallest absolute Gasteiger partial charge is 0.322 e. The van der Waals surface area contributed by atoms with E-state index in [1.165, 1.54) is 19.1 Å². The van der Waals surface area contributed by atoms with Crippen molar-refractivity contribution in [3.05, 3.63) is 62.2 Å². The first-order chi connectivity index (χ1) is 10.2. The van der Waals surface area contributed by atoms with E-state index in [-0.39, 0.29) is 11.3 Å². The summed E-state index contributed by atoms with van der Waals surface area (Å²) in [7, 11) is 0. The van der Waals surface area contributed by atoms with Gasteiger partial charge in [0.1, 0.15) is 0 Å². The van der Waals surface area contributed by atoms with Crippen LogP contribution in [-0.4, -0.2) is 5.91 Å². The van der Waals surface area contributed by atoms with Gasteiger partial charge in [0.05, 0.1) is 5.56 Å². The highest BCUT2D eigenvalue weighted by atomic mass is 127. The molecule has 1 amide bonds. The molecular weight excluding hydrogens is 406 g/mol. The van der Waals surface area contributed by atoms with Crippen LogP contribution in [0.15, 0.2) is 36.4 Å². The quantitative estimate of drug-likeness (QED) is 0.668. The lowest BCUT2D eigenvalue weighted by atomic mass is 10.1. The Morgan fingerprint density at radius 1 is 1.14 bits per heavy atom. The zero-order chi connectivity index (χ0) is 16.5. The van der Waals surface area contributed by atoms with E-state index in [9.17, 15) is 18.0 Å². The summed E-state index contributed by atoms with van der Waals surface area (Å²) in [6.07, 6.45) is -4.44. The van der Waals surface area contributed by atoms with E-state index in [0.717, 1.165) is 15.2 Å². The van der Waals surface area contributed by atoms with E-state index in [4.69, 9.17) is 0 Å². The van der Waals surface area contributed by atoms with Gasteiger partial charge in [0, 0.05) is 14.8 Å². The number of alkyl halides is 3. The molecule has 0 atom stereocenters. The van der Waals surface area contributed by atoms with Gasteiger partial charge in [0.2, 0.25) is 0 Å². The van der Waals surface area contributed by atoms with Crippen molar-refractivity contribution in [2.75, 3.05) is 5.32 Å². The molecule has 0 bridgehead atoms. The average molecular weight is 419 g/mol. The summed E-state index contributed by atoms with van der Waals surface area (Å²) in [6, 6.07) is 8.89. The number of nitrogens with one attached hydrogen (secondary N) is 1. The summed E-state index contributed by atoms with van der Waals surface area (Å²) >= 11 is 2.11. The number of aryl methyl sites for hydroxylation is 1. The highest BCUT2D eigenvalue weighted by molar-refractivity contribution is 14.1. The first-order valence-corrected chi connectivity index (χ1v) is 7.52. The third kappa shape index (κ3) is 3.60. The van der Waals surface area contributed by atoms with E-state index in [0.29, 0.717) is 5.56 Å². The highest BCUT2D eigenvalue weighted by Crippen LogP contribution is 2.34. The summed E-state index contributed by atoms with van der Waals surface area (Å²) in [4.78, 5) is 12.2. The third-order valence-electron chi connectivity index (χ3n) is 3.32. The molecule has 6 heteroatoms. The number of amides is 1. The molecule has 0 aromatic heterocycles. The van der Waals surface area contributed by atoms with Crippen LogP contribution in [0, 0.1) is 17.4 Å². The van der Waals surface area contributed by atoms with Gasteiger partial charge in [0.25, 0.3) is 5.91 Å². The second-order valence-corrected chi connectivity index (χ2v) is 6.06. The Labute approximate surface area is 139 Å². The van der Waals surface area contributed by atoms with Gasteiger partial charge in [-0.15, -0.1) is 0 Å². The molecule has 2 aromatic rings. The van der Waals surface area contributed by atoms with Crippen LogP contribution in [0.4, 0.5) is 18.9 Å². The number of carbonyl (C=O) groups is 1. The second-order valence-electron chi connectivity index (χ2n) is 4.89. The van der Waals surface area contributed by atoms with Crippen molar-refractivity contribution in [1.82, 2.24) is 0 Å². The molecule has 116 valence electrons. The average Bonchev–Trinajstić information content (AvgIpc) is 2.42. The Hall–Kier alpha value is -1.57. The minimum atomic E-state index is -4.44. The molecule has 0 unspecified atom stereocenters. The van der Waals surface area contributed by atoms with Crippen molar-refractivity contribution >= 4 is 34.2 Å². The predicted molar refractivity (Wildman–Crippen MR) is 88.0 cm³/mol. The Morgan fingerprint density at radius 3 is 2.41 bits per heavy atom. The van der Waals surface area contributed by atoms with Crippen LogP contribution in [0.25, 0.3) is 0 Å². The van der Waals surface area contributed by atoms with Gasteiger partial charge < -0.3 is 5.32 Å². The monoisotopic (exact) mass is 419 g/mol. The Bertz CT molecular complexity index is 726. The largest absolute Gasteiger partial charge is 0.416 e. The number of anilines is 1. The van der Waals surface area contributed by atoms with E-state index < -0.39 is 17.6 Å². The SMILES string of the molecule is Cc1ccc(C(=O)Nc2cccc(C(F)(F)F)c2C)cc1I. The zero-order valence-corrected chi connectivity index (χ0v) is 14.0. The number of rotatable bonds is 2. The van der Waals surface area contributed by atoms with Crippen LogP contribution < -0.4 is 5.32 Å². The van der Waals surface area contributed by atoms with Gasteiger partial charge >= 0.3 is 6.18 Å². The maximum absolute atomic E-state index is 12.9. The molecule has 0 aliphatic heterocycles. The normalized spacial score (nSPS) is 11.4. The van der Waals surface area contributed by atoms with Gasteiger partial charge in [-0.3, -0.25) is 4.79 Å². The topological polar surface area (TPSA) is 29.1 Å². The maximum Gasteiger partial charge on any atom is 0.416 e. The van der Waals surface area contributed by atoms with Crippen molar-refractivity contribution in [1.29, 1.82) is 0 Å². The highest BCUT2D eigenvalue weighted by Gasteiger charge is 2.33. The second kappa shape index (κ2) is 6.28. The van der Waals surface area contributed by atoms with E-state index >= 15 is 0 Å². The number of benzene rings is 2. The summed E-state index contributed by atoms with van der Waals surface area (Å²) in [5.74, 6) is -0.430. The van der Waals surface area contributed by atoms with Crippen molar-refractivity contribution < 1.29 is 18.0 Å². The fourth-order valence-electron chi connectivity index (χ4n) is 2.01. The molecule has 2 rings (SSSR count). The zero-order valence-electron chi connectivity index (χ0n) is 11.9. The van der Waals surface area contributed by atoms with Crippen LogP contribution in [-0.2, 0) is 6.18 Å². The molecule has 0 aliphatic rings. The van der Waals surface area contributed by atoms with Crippen LogP contribution >= 0.6 is 22.6 Å². The molecule has 22 heavy (non-hydrogen) atoms. The molecule has 0 spiro atoms. The van der Waals surface area contributed by atoms with Crippen molar-refractivity contribution in [3.63, 3.8) is 0 Å². The Morgan fingerprint density at radius 2 is 1.82 bits per heavy atom. The first-order valence-electron chi connectivity index (χ1n) is 6.44. The Balaban J connectivity index is 2.31. The van der Waals surface area contributed by atoms with Crippen LogP contribution in [0.5, 0.6) is 0 Å². The number of carbonyl (C=O) groups excluding carboxylic acids is 1. The van der Waals surface area contributed by atoms with Crippen LogP contribution in [0.1, 0.15) is 27.0 Å². The molecule has 0 heterocycles. The fraction of sp³-hybridized carbons (Fsp3) is 0.188. The van der Waals surface area contributed by atoms with Crippen molar-refractivity contribution in [2.45, 2.75) is 20.0 Å². The number of hydrogen-bond donors (Lipinski definition) is 1. The van der Waals surface area contributed by atoms with Crippen molar-refractivity contribution in [3.8, 4) is 0 Å². The molecular formula is C16H13F3INO. The molecule has 0 fully saturated rings. The van der Waals surface area contributed by atoms with Gasteiger partial charge in [-0.2, -0.15) is 13.2 Å². The van der Waals surface area contributed by atoms with Gasteiger partial charge in [-0.05, 0) is 71.8 Å². The summed E-state index contributed by atoms with van der Waals surface area (Å²) in [6.45, 7) is 3.26. The standard InChI is InChI=1S/C16H13F3INO/c1-9-6-7-11(8-13(9)20)15(22)21-14-5-3-4-12(10(14)2)16(17,18)19/h3-8H,1-2H3,(H,21,22). The molecule has 0 aliphatic carbocycles. The van der Waals surface area contributed by atoms with E-state index in [1.807, 2.05) is 6.92 Å². The van der Waals surface area contributed by atoms with Gasteiger partial charge in [-0.1, -0.05) is 12.1 Å². The molecule has 1 N–H and O–H groups in total. The lowest BCUT2D eigenvalue weighted by Gasteiger charge is -2.14. The van der Waals surface area contributed by atoms with Crippen LogP contribution in [0.2, 0.25) is 0 Å². The summed E-state index contributed by atoms with van der Waals surface area (Å²) in [5, 5.41) is 2.54. The molecule has 2 nitrogen and oxygen atoms in total. The molecule has 0 saturated heterocycles. The predicted octanol–water partition coefficient (Wildman–Crippen LogP) is 5.18. The molecule has 2 aromatic carbocycles. The number of hydrogen-bond acceptors (Lipinski definition) is 1. The minimum absolute atomic E-state index is 0.00478. The summed E-state index contributed by atoms with van der Waals surface area (Å²) in [5.41, 5.74) is 0.864. The molecule has 0 radical (unpaired) electrons. The van der Waals surface area contributed by atoms with Gasteiger partial charge in [-0.25, -0.2) is 0 Å². The Kier molecular flexibility index (Phi) is 4.79. The summed E-state index contributed by atoms with van der Waals surface area (Å²) < 4.78 is 39.5. The maximum atomic E-state index is 12.9. The number of halogens is 4. The molecule has 0 saturated carbocycles. The van der Waals surface area contributed by atoms with Gasteiger partial charge in [0.15, 0.2) is 0 Å². The van der Waals surface area contributed by atoms with E-state index in [2.05, 4.69) is 27.9 Å². The lowest BCUT2D eigenvalue weighted by Crippen LogP contribution is -2.15. The first kappa shape index (κ1) is 16.8. The third-order valence-corrected chi connectivity index (χ3v) is 4.48. The van der Waals surface area contributed by atoms with E-state index in [1.54, 1.807) is 18.2 Å². The fourth-order valence-corrected chi connectivity index (χ4v) is 2.52. The minimum Gasteiger partial charge on any atom is -0.322 e. The van der Waals surface area contributed by atoms with Crippen molar-refractivity contribution in [2.24, 2.45) is 0 Å². The van der Waals surface area contributed by atoms with Crippen LogP contribution in [0.3, 0.4) is 0 Å². The lowest BCUT2D eigenvalue weighted by molar-refractivity contribution is -0.138.